The van der Waals surface area contributed by atoms with Crippen molar-refractivity contribution in [2.24, 2.45) is 0 Å². The van der Waals surface area contributed by atoms with Crippen molar-refractivity contribution < 1.29 is 8.91 Å². The number of hydrogen-bond donors (Lipinski definition) is 2. The number of aryl methyl sites for hydroxylation is 2. The van der Waals surface area contributed by atoms with E-state index in [0.717, 1.165) is 55.0 Å². The molecule has 1 aliphatic heterocycles. The van der Waals surface area contributed by atoms with Gasteiger partial charge in [-0.05, 0) is 43.2 Å². The van der Waals surface area contributed by atoms with Crippen LogP contribution in [-0.4, -0.2) is 58.9 Å². The van der Waals surface area contributed by atoms with Crippen LogP contribution < -0.4 is 15.8 Å². The van der Waals surface area contributed by atoms with Gasteiger partial charge in [-0.3, -0.25) is 14.5 Å². The molecule has 2 N–H and O–H groups in total. The summed E-state index contributed by atoms with van der Waals surface area (Å²) < 4.78 is 21.5. The zero-order valence-electron chi connectivity index (χ0n) is 20.7. The standard InChI is InChI=1S/C23H28N6O2/c1-4-17-23(31)27-20-13-16(5-6-18(20)26-17)14-28-9-11-29(12-10-28)21-8-7-19(22(30)24-3)25-15(21)2/h5-8,13H,4,9-12,14H2,1-3H3,(H,24,30)(H,27,31)/i3D3. The quantitative estimate of drug-likeness (QED) is 0.651. The average Bonchev–Trinajstić information content (AvgIpc) is 2.78. The Bertz CT molecular complexity index is 1270. The summed E-state index contributed by atoms with van der Waals surface area (Å²) in [6, 6.07) is 9.38. The molecule has 0 radical (unpaired) electrons. The highest BCUT2D eigenvalue weighted by Crippen LogP contribution is 2.21. The molecule has 1 aliphatic rings. The number of rotatable bonds is 5. The van der Waals surface area contributed by atoms with Crippen LogP contribution in [-0.2, 0) is 13.0 Å². The largest absolute Gasteiger partial charge is 0.368 e. The van der Waals surface area contributed by atoms with E-state index in [4.69, 9.17) is 4.11 Å². The van der Waals surface area contributed by atoms with E-state index in [0.29, 0.717) is 17.8 Å². The Morgan fingerprint density at radius 2 is 2.00 bits per heavy atom. The van der Waals surface area contributed by atoms with Gasteiger partial charge >= 0.3 is 0 Å². The lowest BCUT2D eigenvalue weighted by molar-refractivity contribution is 0.0958. The smallest absolute Gasteiger partial charge is 0.270 e. The molecule has 162 valence electrons. The van der Waals surface area contributed by atoms with Crippen LogP contribution in [0.4, 0.5) is 5.69 Å². The summed E-state index contributed by atoms with van der Waals surface area (Å²) in [5, 5.41) is 1.97. The Kier molecular flexibility index (Phi) is 4.97. The van der Waals surface area contributed by atoms with Gasteiger partial charge in [0.2, 0.25) is 0 Å². The molecule has 0 unspecified atom stereocenters. The number of nitrogens with zero attached hydrogens (tertiary/aromatic N) is 4. The molecule has 0 atom stereocenters. The van der Waals surface area contributed by atoms with Crippen molar-refractivity contribution in [2.75, 3.05) is 38.1 Å². The molecule has 1 fully saturated rings. The van der Waals surface area contributed by atoms with Crippen molar-refractivity contribution in [2.45, 2.75) is 26.8 Å². The number of fused-ring (bicyclic) bond motifs is 1. The minimum absolute atomic E-state index is 0.0888. The second-order valence-corrected chi connectivity index (χ2v) is 7.74. The Labute approximate surface area is 185 Å². The zero-order valence-corrected chi connectivity index (χ0v) is 17.7. The number of H-pyrrole nitrogens is 1. The maximum absolute atomic E-state index is 12.1. The molecule has 0 aliphatic carbocycles. The SMILES string of the molecule is [2H]C([2H])([2H])NC(=O)c1ccc(N2CCN(Cc3ccc4nc(CC)c(=O)[nH]c4c3)CC2)c(C)n1. The minimum Gasteiger partial charge on any atom is -0.368 e. The van der Waals surface area contributed by atoms with Crippen molar-refractivity contribution in [3.05, 3.63) is 63.3 Å². The van der Waals surface area contributed by atoms with Crippen molar-refractivity contribution in [1.82, 2.24) is 25.2 Å². The van der Waals surface area contributed by atoms with E-state index in [-0.39, 0.29) is 11.3 Å². The minimum atomic E-state index is -2.54. The van der Waals surface area contributed by atoms with Gasteiger partial charge in [0.15, 0.2) is 0 Å². The second kappa shape index (κ2) is 8.85. The molecule has 1 saturated heterocycles. The molecule has 3 heterocycles. The van der Waals surface area contributed by atoms with Crippen LogP contribution in [0.1, 0.15) is 38.5 Å². The summed E-state index contributed by atoms with van der Waals surface area (Å²) in [5.74, 6) is -0.711. The molecule has 0 spiro atoms. The van der Waals surface area contributed by atoms with E-state index in [1.165, 1.54) is 0 Å². The third kappa shape index (κ3) is 4.44. The molecule has 8 heteroatoms. The number of anilines is 1. The molecule has 0 bridgehead atoms. The van der Waals surface area contributed by atoms with Gasteiger partial charge in [-0.2, -0.15) is 0 Å². The van der Waals surface area contributed by atoms with Crippen molar-refractivity contribution >= 4 is 22.6 Å². The first-order chi connectivity index (χ1) is 16.1. The molecule has 2 aromatic heterocycles. The van der Waals surface area contributed by atoms with Gasteiger partial charge < -0.3 is 15.2 Å². The molecule has 1 amide bonds. The van der Waals surface area contributed by atoms with Crippen LogP contribution in [0.3, 0.4) is 0 Å². The Hall–Kier alpha value is -3.26. The lowest BCUT2D eigenvalue weighted by Gasteiger charge is -2.36. The summed E-state index contributed by atoms with van der Waals surface area (Å²) >= 11 is 0. The van der Waals surface area contributed by atoms with Crippen LogP contribution >= 0.6 is 0 Å². The molecular formula is C23H28N6O2. The lowest BCUT2D eigenvalue weighted by atomic mass is 10.1. The van der Waals surface area contributed by atoms with Crippen LogP contribution in [0, 0.1) is 6.92 Å². The maximum atomic E-state index is 12.1. The zero-order chi connectivity index (χ0) is 24.5. The molecule has 1 aromatic carbocycles. The normalized spacial score (nSPS) is 16.6. The summed E-state index contributed by atoms with van der Waals surface area (Å²) in [6.45, 7) is 5.26. The van der Waals surface area contributed by atoms with Crippen LogP contribution in [0.2, 0.25) is 0 Å². The molecule has 31 heavy (non-hydrogen) atoms. The number of pyridine rings is 1. The lowest BCUT2D eigenvalue weighted by Crippen LogP contribution is -2.46. The molecule has 8 nitrogen and oxygen atoms in total. The number of amides is 1. The Morgan fingerprint density at radius 3 is 2.71 bits per heavy atom. The fourth-order valence-electron chi connectivity index (χ4n) is 3.99. The predicted molar refractivity (Wildman–Crippen MR) is 122 cm³/mol. The summed E-state index contributed by atoms with van der Waals surface area (Å²) in [7, 11) is 0. The maximum Gasteiger partial charge on any atom is 0.270 e. The van der Waals surface area contributed by atoms with E-state index in [9.17, 15) is 9.59 Å². The third-order valence-electron chi connectivity index (χ3n) is 5.68. The van der Waals surface area contributed by atoms with E-state index >= 15 is 0 Å². The summed E-state index contributed by atoms with van der Waals surface area (Å²) in [4.78, 5) is 40.4. The monoisotopic (exact) mass is 423 g/mol. The predicted octanol–water partition coefficient (Wildman–Crippen LogP) is 1.87. The number of carbonyl (C=O) groups excluding carboxylic acids is 1. The Morgan fingerprint density at radius 1 is 1.19 bits per heavy atom. The van der Waals surface area contributed by atoms with Gasteiger partial charge in [0.25, 0.3) is 11.5 Å². The van der Waals surface area contributed by atoms with Crippen LogP contribution in [0.15, 0.2) is 35.1 Å². The third-order valence-corrected chi connectivity index (χ3v) is 5.68. The van der Waals surface area contributed by atoms with Crippen LogP contribution in [0.25, 0.3) is 11.0 Å². The topological polar surface area (TPSA) is 94.2 Å². The number of nitrogens with one attached hydrogen (secondary N) is 2. The van der Waals surface area contributed by atoms with Gasteiger partial charge in [0.1, 0.15) is 11.4 Å². The summed E-state index contributed by atoms with van der Waals surface area (Å²) in [5.41, 5.74) is 4.79. The fraction of sp³-hybridized carbons (Fsp3) is 0.391. The number of aromatic nitrogens is 3. The highest BCUT2D eigenvalue weighted by molar-refractivity contribution is 5.92. The van der Waals surface area contributed by atoms with Gasteiger partial charge in [-0.25, -0.2) is 9.97 Å². The van der Waals surface area contributed by atoms with Crippen molar-refractivity contribution in [1.29, 1.82) is 0 Å². The highest BCUT2D eigenvalue weighted by atomic mass is 16.1. The fourth-order valence-corrected chi connectivity index (χ4v) is 3.99. The first-order valence-electron chi connectivity index (χ1n) is 11.9. The number of aromatic amines is 1. The molecular weight excluding hydrogens is 392 g/mol. The van der Waals surface area contributed by atoms with E-state index < -0.39 is 12.9 Å². The molecule has 0 saturated carbocycles. The van der Waals surface area contributed by atoms with E-state index in [2.05, 4.69) is 30.8 Å². The molecule has 4 rings (SSSR count). The van der Waals surface area contributed by atoms with Gasteiger partial charge in [-0.1, -0.05) is 13.0 Å². The van der Waals surface area contributed by atoms with Crippen molar-refractivity contribution in [3.63, 3.8) is 0 Å². The van der Waals surface area contributed by atoms with E-state index in [1.807, 2.05) is 37.4 Å². The van der Waals surface area contributed by atoms with Gasteiger partial charge in [0.05, 0.1) is 22.4 Å². The molecule has 3 aromatic rings. The first-order valence-corrected chi connectivity index (χ1v) is 10.4. The van der Waals surface area contributed by atoms with Crippen LogP contribution in [0.5, 0.6) is 0 Å². The van der Waals surface area contributed by atoms with E-state index in [1.54, 1.807) is 6.07 Å². The number of carbonyl (C=O) groups is 1. The average molecular weight is 424 g/mol. The highest BCUT2D eigenvalue weighted by Gasteiger charge is 2.20. The number of piperazine rings is 1. The number of hydrogen-bond acceptors (Lipinski definition) is 6. The first kappa shape index (κ1) is 17.4. The van der Waals surface area contributed by atoms with Gasteiger partial charge in [0, 0.05) is 43.8 Å². The van der Waals surface area contributed by atoms with Gasteiger partial charge in [-0.15, -0.1) is 0 Å². The number of benzene rings is 1. The van der Waals surface area contributed by atoms with Crippen molar-refractivity contribution in [3.8, 4) is 0 Å². The summed E-state index contributed by atoms with van der Waals surface area (Å²) in [6.07, 6.45) is 0.602. The second-order valence-electron chi connectivity index (χ2n) is 7.74. The Balaban J connectivity index is 1.39.